The number of aryl methyl sites for hydroxylation is 1. The third-order valence-corrected chi connectivity index (χ3v) is 8.66. The van der Waals surface area contributed by atoms with Gasteiger partial charge in [0.1, 0.15) is 0 Å². The summed E-state index contributed by atoms with van der Waals surface area (Å²) in [6.45, 7) is 7.21. The molecule has 2 aliphatic rings. The summed E-state index contributed by atoms with van der Waals surface area (Å²) in [6, 6.07) is 11.9. The summed E-state index contributed by atoms with van der Waals surface area (Å²) in [5.41, 5.74) is 13.2. The number of anilines is 2. The van der Waals surface area contributed by atoms with Gasteiger partial charge in [0.2, 0.25) is 0 Å². The van der Waals surface area contributed by atoms with Gasteiger partial charge in [-0.3, -0.25) is 0 Å². The first kappa shape index (κ1) is 21.7. The Morgan fingerprint density at radius 1 is 1.16 bits per heavy atom. The van der Waals surface area contributed by atoms with Crippen LogP contribution in [0.3, 0.4) is 0 Å². The van der Waals surface area contributed by atoms with Crippen molar-refractivity contribution in [2.45, 2.75) is 37.5 Å². The van der Waals surface area contributed by atoms with E-state index in [0.29, 0.717) is 16.4 Å². The fraction of sp³-hybridized carbons (Fsp3) is 0.231. The van der Waals surface area contributed by atoms with E-state index in [2.05, 4.69) is 46.2 Å². The summed E-state index contributed by atoms with van der Waals surface area (Å²) in [7, 11) is -1.72. The first-order valence-corrected chi connectivity index (χ1v) is 12.9. The molecular weight excluding hydrogens is 422 g/mol. The van der Waals surface area contributed by atoms with Crippen LogP contribution >= 0.6 is 21.0 Å². The van der Waals surface area contributed by atoms with Gasteiger partial charge in [-0.15, -0.1) is 9.39 Å². The van der Waals surface area contributed by atoms with Gasteiger partial charge in [0.15, 0.2) is 0 Å². The third kappa shape index (κ3) is 4.28. The Bertz CT molecular complexity index is 1210. The highest BCUT2D eigenvalue weighted by atomic mass is 35.5. The summed E-state index contributed by atoms with van der Waals surface area (Å²) in [4.78, 5) is 1.08. The first-order valence-electron chi connectivity index (χ1n) is 10.5. The molecule has 0 aromatic heterocycles. The van der Waals surface area contributed by atoms with Gasteiger partial charge in [0.05, 0.1) is 10.7 Å². The minimum atomic E-state index is -1.72. The highest BCUT2D eigenvalue weighted by Gasteiger charge is 2.24. The maximum atomic E-state index is 6.54. The number of rotatable bonds is 5. The molecule has 0 atom stereocenters. The number of nitrogens with one attached hydrogen (secondary N) is 1. The number of benzene rings is 2. The molecule has 0 unspecified atom stereocenters. The second-order valence-electron chi connectivity index (χ2n) is 8.31. The lowest BCUT2D eigenvalue weighted by Crippen LogP contribution is -2.26. The minimum absolute atomic E-state index is 0.627. The van der Waals surface area contributed by atoms with Crippen molar-refractivity contribution < 1.29 is 0 Å². The Labute approximate surface area is 191 Å². The Kier molecular flexibility index (Phi) is 5.96. The molecule has 0 spiro atoms. The third-order valence-electron chi connectivity index (χ3n) is 5.98. The van der Waals surface area contributed by atoms with E-state index in [-0.39, 0.29) is 0 Å². The Hall–Kier alpha value is -2.56. The quantitative estimate of drug-likeness (QED) is 0.381. The molecule has 5 heteroatoms. The molecule has 31 heavy (non-hydrogen) atoms. The van der Waals surface area contributed by atoms with Crippen molar-refractivity contribution in [3.63, 3.8) is 0 Å². The van der Waals surface area contributed by atoms with Crippen LogP contribution in [0.2, 0.25) is 5.02 Å². The SMILES string of the molecule is C=C(Nc1cc(S(=C)(=C)N2CCCC3=C2C=CCC3)ccc1Cl)c1cc(C)ccc1N. The van der Waals surface area contributed by atoms with E-state index in [1.807, 2.05) is 37.3 Å². The van der Waals surface area contributed by atoms with E-state index in [9.17, 15) is 0 Å². The second kappa shape index (κ2) is 8.52. The number of nitrogens with two attached hydrogens (primary N) is 1. The van der Waals surface area contributed by atoms with E-state index in [0.717, 1.165) is 47.5 Å². The minimum Gasteiger partial charge on any atom is -0.398 e. The van der Waals surface area contributed by atoms with Crippen molar-refractivity contribution in [2.24, 2.45) is 0 Å². The van der Waals surface area contributed by atoms with Crippen molar-refractivity contribution in [2.75, 3.05) is 17.6 Å². The molecule has 0 saturated heterocycles. The van der Waals surface area contributed by atoms with Crippen LogP contribution < -0.4 is 11.1 Å². The van der Waals surface area contributed by atoms with Gasteiger partial charge in [-0.1, -0.05) is 47.6 Å². The van der Waals surface area contributed by atoms with Gasteiger partial charge in [0.25, 0.3) is 0 Å². The first-order chi connectivity index (χ1) is 14.8. The lowest BCUT2D eigenvalue weighted by atomic mass is 9.95. The molecule has 162 valence electrons. The Morgan fingerprint density at radius 2 is 1.97 bits per heavy atom. The molecule has 3 N–H and O–H groups in total. The molecule has 0 bridgehead atoms. The van der Waals surface area contributed by atoms with Gasteiger partial charge in [-0.05, 0) is 74.6 Å². The zero-order valence-electron chi connectivity index (χ0n) is 18.1. The standard InChI is InChI=1S/C26H30ClN3S/c1-18-11-14-24(28)22(16-18)19(2)29-25-17-21(12-13-23(25)27)31(3,4)30-15-7-9-20-8-5-6-10-26(20)30/h6,10-14,16-17,29H,2-5,7-9,15,28H2,1H3. The van der Waals surface area contributed by atoms with E-state index in [1.165, 1.54) is 17.7 Å². The zero-order chi connectivity index (χ0) is 22.2. The number of hydrogen-bond acceptors (Lipinski definition) is 3. The number of halogens is 1. The molecule has 1 aliphatic heterocycles. The predicted molar refractivity (Wildman–Crippen MR) is 141 cm³/mol. The maximum absolute atomic E-state index is 6.54. The van der Waals surface area contributed by atoms with Crippen LogP contribution in [0.5, 0.6) is 0 Å². The van der Waals surface area contributed by atoms with Crippen LogP contribution in [0.4, 0.5) is 11.4 Å². The van der Waals surface area contributed by atoms with Gasteiger partial charge >= 0.3 is 0 Å². The molecule has 4 rings (SSSR count). The molecule has 2 aromatic rings. The summed E-state index contributed by atoms with van der Waals surface area (Å²) < 4.78 is 2.42. The van der Waals surface area contributed by atoms with Crippen molar-refractivity contribution in [3.05, 3.63) is 82.5 Å². The molecule has 1 heterocycles. The van der Waals surface area contributed by atoms with Crippen LogP contribution in [0, 0.1) is 6.92 Å². The molecule has 3 nitrogen and oxygen atoms in total. The molecular formula is C26H30ClN3S. The molecule has 1 aliphatic carbocycles. The lowest BCUT2D eigenvalue weighted by molar-refractivity contribution is 0.500. The lowest BCUT2D eigenvalue weighted by Gasteiger charge is -2.39. The van der Waals surface area contributed by atoms with Crippen molar-refractivity contribution >= 4 is 49.8 Å². The van der Waals surface area contributed by atoms with Gasteiger partial charge in [0, 0.05) is 34.1 Å². The fourth-order valence-electron chi connectivity index (χ4n) is 4.26. The smallest absolute Gasteiger partial charge is 0.0641 e. The topological polar surface area (TPSA) is 41.3 Å². The highest BCUT2D eigenvalue weighted by Crippen LogP contribution is 2.46. The molecule has 0 amide bonds. The summed E-state index contributed by atoms with van der Waals surface area (Å²) in [5, 5.41) is 4.00. The monoisotopic (exact) mass is 451 g/mol. The summed E-state index contributed by atoms with van der Waals surface area (Å²) in [6.07, 6.45) is 9.11. The zero-order valence-corrected chi connectivity index (χ0v) is 19.7. The average Bonchev–Trinajstić information content (AvgIpc) is 2.76. The normalized spacial score (nSPS) is 16.3. The fourth-order valence-corrected chi connectivity index (χ4v) is 6.38. The van der Waals surface area contributed by atoms with Crippen molar-refractivity contribution in [1.82, 2.24) is 4.31 Å². The van der Waals surface area contributed by atoms with Gasteiger partial charge in [-0.25, -0.2) is 0 Å². The van der Waals surface area contributed by atoms with Crippen LogP contribution in [0.15, 0.2) is 71.3 Å². The molecule has 0 fully saturated rings. The van der Waals surface area contributed by atoms with Crippen LogP contribution in [-0.2, 0) is 0 Å². The molecule has 0 radical (unpaired) electrons. The van der Waals surface area contributed by atoms with E-state index >= 15 is 0 Å². The Balaban J connectivity index is 1.67. The van der Waals surface area contributed by atoms with Gasteiger partial charge in [-0.2, -0.15) is 0 Å². The average molecular weight is 452 g/mol. The number of hydrogen-bond donors (Lipinski definition) is 2. The van der Waals surface area contributed by atoms with Crippen molar-refractivity contribution in [3.8, 4) is 0 Å². The largest absolute Gasteiger partial charge is 0.398 e. The number of nitrogen functional groups attached to an aromatic ring is 1. The van der Waals surface area contributed by atoms with Crippen LogP contribution in [0.1, 0.15) is 36.8 Å². The highest BCUT2D eigenvalue weighted by molar-refractivity contribution is 8.26. The van der Waals surface area contributed by atoms with E-state index in [4.69, 9.17) is 17.3 Å². The van der Waals surface area contributed by atoms with Gasteiger partial charge < -0.3 is 15.4 Å². The van der Waals surface area contributed by atoms with Crippen molar-refractivity contribution in [1.29, 1.82) is 0 Å². The predicted octanol–water partition coefficient (Wildman–Crippen LogP) is 6.96. The molecule has 0 saturated carbocycles. The van der Waals surface area contributed by atoms with Crippen LogP contribution in [0.25, 0.3) is 5.70 Å². The second-order valence-corrected chi connectivity index (χ2v) is 11.3. The van der Waals surface area contributed by atoms with E-state index in [1.54, 1.807) is 0 Å². The van der Waals surface area contributed by atoms with Crippen LogP contribution in [-0.4, -0.2) is 22.6 Å². The summed E-state index contributed by atoms with van der Waals surface area (Å²) in [5.74, 6) is 9.21. The van der Waals surface area contributed by atoms with E-state index < -0.39 is 9.39 Å². The number of nitrogens with zero attached hydrogens (tertiary/aromatic N) is 1. The maximum Gasteiger partial charge on any atom is 0.0641 e. The number of allylic oxidation sites excluding steroid dienone is 3. The Morgan fingerprint density at radius 3 is 2.77 bits per heavy atom. The molecule has 2 aromatic carbocycles. The summed E-state index contributed by atoms with van der Waals surface area (Å²) >= 11 is 6.54.